The van der Waals surface area contributed by atoms with Crippen molar-refractivity contribution in [2.75, 3.05) is 0 Å². The Kier molecular flexibility index (Phi) is 15.2. The number of carbonyl (C=O) groups is 2. The molecule has 0 fully saturated rings. The van der Waals surface area contributed by atoms with Crippen LogP contribution in [0.2, 0.25) is 0 Å². The smallest absolute Gasteiger partial charge is 0.308 e. The van der Waals surface area contributed by atoms with Gasteiger partial charge in [0.05, 0.1) is 79.7 Å². The van der Waals surface area contributed by atoms with Gasteiger partial charge in [-0.3, -0.25) is 19.2 Å². The maximum atomic E-state index is 15.8. The lowest BCUT2D eigenvalue weighted by Gasteiger charge is -2.14. The molecule has 4 aromatic carbocycles. The molecule has 330 valence electrons. The second-order valence-electron chi connectivity index (χ2n) is 14.2. The lowest BCUT2D eigenvalue weighted by molar-refractivity contribution is -0.155. The Hall–Kier alpha value is -8.04. The van der Waals surface area contributed by atoms with Crippen LogP contribution in [0.3, 0.4) is 0 Å². The molecule has 0 atom stereocenters. The van der Waals surface area contributed by atoms with Crippen LogP contribution in [0, 0.1) is 70.8 Å². The van der Waals surface area contributed by atoms with Crippen molar-refractivity contribution in [1.82, 2.24) is 19.6 Å². The second kappa shape index (κ2) is 21.1. The summed E-state index contributed by atoms with van der Waals surface area (Å²) in [5.74, 6) is -3.65. The van der Waals surface area contributed by atoms with E-state index in [-0.39, 0.29) is 101 Å². The van der Waals surface area contributed by atoms with E-state index in [1.54, 1.807) is 0 Å². The number of hydrogen-bond donors (Lipinski definition) is 0. The van der Waals surface area contributed by atoms with Crippen molar-refractivity contribution in [2.45, 2.75) is 53.0 Å². The molecule has 6 aromatic rings. The molecule has 2 heterocycles. The standard InChI is InChI=1S/C46H30Br2F2N8O8/c1-25-9-33(17-31-3-5-37(47)43(41(31)49)65-35-13-27(19-51)11-28(14-35)20-52)55-57(45(25)61)23-63-39(59)7-8-40(60)64-24-58-46(62)26(2)10-34(56-58)18-32-4-6-38(48)44(42(32)50)66-36-15-29(21-53)12-30(16-36)22-54/h3-6,9-16H,7-8,17-18,23-24H2,1-2H3. The zero-order chi connectivity index (χ0) is 47.7. The largest absolute Gasteiger partial charge is 0.453 e. The van der Waals surface area contributed by atoms with Gasteiger partial charge in [0.2, 0.25) is 0 Å². The average Bonchev–Trinajstić information content (AvgIpc) is 3.31. The van der Waals surface area contributed by atoms with E-state index in [1.165, 1.54) is 86.6 Å². The summed E-state index contributed by atoms with van der Waals surface area (Å²) in [4.78, 5) is 51.1. The first-order valence-corrected chi connectivity index (χ1v) is 20.8. The number of aromatic nitrogens is 4. The fourth-order valence-electron chi connectivity index (χ4n) is 6.26. The molecule has 6 rings (SSSR count). The highest BCUT2D eigenvalue weighted by atomic mass is 79.9. The molecule has 0 saturated heterocycles. The van der Waals surface area contributed by atoms with E-state index in [2.05, 4.69) is 42.1 Å². The molecule has 0 aliphatic rings. The van der Waals surface area contributed by atoms with Crippen molar-refractivity contribution >= 4 is 43.8 Å². The summed E-state index contributed by atoms with van der Waals surface area (Å²) in [6.07, 6.45) is -1.19. The Morgan fingerprint density at radius 3 is 1.27 bits per heavy atom. The molecule has 0 bridgehead atoms. The van der Waals surface area contributed by atoms with Gasteiger partial charge in [-0.25, -0.2) is 8.78 Å². The van der Waals surface area contributed by atoms with E-state index in [0.717, 1.165) is 9.36 Å². The summed E-state index contributed by atoms with van der Waals surface area (Å²) in [6, 6.07) is 24.7. The molecule has 0 amide bonds. The van der Waals surface area contributed by atoms with Crippen LogP contribution in [-0.4, -0.2) is 31.5 Å². The molecule has 0 saturated carbocycles. The molecule has 0 aliphatic heterocycles. The zero-order valence-corrected chi connectivity index (χ0v) is 37.7. The predicted octanol–water partition coefficient (Wildman–Crippen LogP) is 7.95. The Bertz CT molecular complexity index is 2960. The van der Waals surface area contributed by atoms with E-state index in [0.29, 0.717) is 0 Å². The van der Waals surface area contributed by atoms with Gasteiger partial charge in [0.25, 0.3) is 11.1 Å². The molecular formula is C46H30Br2F2N8O8. The van der Waals surface area contributed by atoms with Crippen LogP contribution in [0.15, 0.2) is 91.3 Å². The van der Waals surface area contributed by atoms with Gasteiger partial charge < -0.3 is 18.9 Å². The highest BCUT2D eigenvalue weighted by molar-refractivity contribution is 9.11. The van der Waals surface area contributed by atoms with Gasteiger partial charge in [0, 0.05) is 24.0 Å². The SMILES string of the molecule is Cc1cc(Cc2ccc(Br)c(Oc3cc(C#N)cc(C#N)c3)c2F)nn(COC(=O)CCC(=O)OCn2nc(Cc3ccc(Br)c(Oc4cc(C#N)cc(C#N)c4)c3F)cc(C)c2=O)c1=O. The lowest BCUT2D eigenvalue weighted by atomic mass is 10.1. The first kappa shape index (κ1) is 47.4. The van der Waals surface area contributed by atoms with E-state index in [4.69, 9.17) is 18.9 Å². The number of rotatable bonds is 15. The maximum absolute atomic E-state index is 15.8. The van der Waals surface area contributed by atoms with Gasteiger partial charge in [-0.2, -0.15) is 40.6 Å². The fourth-order valence-corrected chi connectivity index (χ4v) is 7.03. The molecule has 0 N–H and O–H groups in total. The van der Waals surface area contributed by atoms with Gasteiger partial charge in [-0.15, -0.1) is 0 Å². The van der Waals surface area contributed by atoms with E-state index < -0.39 is 61.0 Å². The van der Waals surface area contributed by atoms with Crippen LogP contribution in [0.1, 0.15) is 68.7 Å². The van der Waals surface area contributed by atoms with E-state index in [1.807, 2.05) is 24.3 Å². The number of carbonyl (C=O) groups excluding carboxylic acids is 2. The lowest BCUT2D eigenvalue weighted by Crippen LogP contribution is -2.29. The first-order chi connectivity index (χ1) is 31.6. The minimum absolute atomic E-state index is 0.0583. The number of hydrogen-bond acceptors (Lipinski definition) is 14. The molecule has 0 spiro atoms. The van der Waals surface area contributed by atoms with Gasteiger partial charge in [0.1, 0.15) is 11.5 Å². The van der Waals surface area contributed by atoms with Crippen LogP contribution in [0.5, 0.6) is 23.0 Å². The molecule has 0 unspecified atom stereocenters. The number of halogens is 4. The Morgan fingerprint density at radius 1 is 0.591 bits per heavy atom. The second-order valence-corrected chi connectivity index (χ2v) is 15.9. The normalized spacial score (nSPS) is 10.5. The zero-order valence-electron chi connectivity index (χ0n) is 34.5. The third kappa shape index (κ3) is 11.6. The van der Waals surface area contributed by atoms with Gasteiger partial charge in [-0.05, 0) is 117 Å². The predicted molar refractivity (Wildman–Crippen MR) is 234 cm³/mol. The van der Waals surface area contributed by atoms with Crippen molar-refractivity contribution in [2.24, 2.45) is 0 Å². The van der Waals surface area contributed by atoms with Crippen LogP contribution in [0.25, 0.3) is 0 Å². The molecule has 16 nitrogen and oxygen atoms in total. The number of esters is 2. The quantitative estimate of drug-likeness (QED) is 0.0888. The van der Waals surface area contributed by atoms with E-state index >= 15 is 8.78 Å². The third-order valence-electron chi connectivity index (χ3n) is 9.41. The monoisotopic (exact) mass is 1020 g/mol. The molecule has 2 aromatic heterocycles. The van der Waals surface area contributed by atoms with Crippen LogP contribution in [-0.2, 0) is 45.4 Å². The summed E-state index contributed by atoms with van der Waals surface area (Å²) in [5.41, 5.74) is 0.497. The minimum atomic E-state index is -0.888. The van der Waals surface area contributed by atoms with Gasteiger partial charge in [-0.1, -0.05) is 12.1 Å². The van der Waals surface area contributed by atoms with Crippen LogP contribution in [0.4, 0.5) is 8.78 Å². The summed E-state index contributed by atoms with van der Waals surface area (Å²) < 4.78 is 55.8. The molecular weight excluding hydrogens is 990 g/mol. The van der Waals surface area contributed by atoms with Gasteiger partial charge >= 0.3 is 11.9 Å². The number of ether oxygens (including phenoxy) is 4. The van der Waals surface area contributed by atoms with Crippen LogP contribution < -0.4 is 20.6 Å². The highest BCUT2D eigenvalue weighted by Crippen LogP contribution is 2.37. The van der Waals surface area contributed by atoms with E-state index in [9.17, 15) is 40.2 Å². The maximum Gasteiger partial charge on any atom is 0.308 e. The summed E-state index contributed by atoms with van der Waals surface area (Å²) in [5, 5.41) is 45.7. The minimum Gasteiger partial charge on any atom is -0.453 e. The van der Waals surface area contributed by atoms with Crippen molar-refractivity contribution in [1.29, 1.82) is 21.0 Å². The summed E-state index contributed by atoms with van der Waals surface area (Å²) >= 11 is 6.53. The molecule has 0 aliphatic carbocycles. The Labute approximate surface area is 390 Å². The fraction of sp³-hybridized carbons (Fsp3) is 0.174. The molecule has 0 radical (unpaired) electrons. The van der Waals surface area contributed by atoms with Crippen molar-refractivity contribution in [3.8, 4) is 47.3 Å². The van der Waals surface area contributed by atoms with Crippen molar-refractivity contribution in [3.05, 3.63) is 170 Å². The number of nitrogens with zero attached hydrogens (tertiary/aromatic N) is 8. The summed E-state index contributed by atoms with van der Waals surface area (Å²) in [7, 11) is 0. The van der Waals surface area contributed by atoms with Crippen molar-refractivity contribution < 1.29 is 37.3 Å². The number of benzene rings is 4. The first-order valence-electron chi connectivity index (χ1n) is 19.3. The van der Waals surface area contributed by atoms with Gasteiger partial charge in [0.15, 0.2) is 36.6 Å². The van der Waals surface area contributed by atoms with Crippen molar-refractivity contribution in [3.63, 3.8) is 0 Å². The summed E-state index contributed by atoms with van der Waals surface area (Å²) in [6.45, 7) is 1.73. The highest BCUT2D eigenvalue weighted by Gasteiger charge is 2.20. The molecule has 66 heavy (non-hydrogen) atoms. The molecule has 20 heteroatoms. The third-order valence-corrected chi connectivity index (χ3v) is 10.7. The average molecular weight is 1020 g/mol. The Balaban J connectivity index is 1.05. The number of aryl methyl sites for hydroxylation is 2. The topological polar surface area (TPSA) is 236 Å². The Morgan fingerprint density at radius 2 is 0.939 bits per heavy atom. The number of nitriles is 4. The van der Waals surface area contributed by atoms with Crippen LogP contribution >= 0.6 is 31.9 Å².